The van der Waals surface area contributed by atoms with Gasteiger partial charge in [0.25, 0.3) is 10.0 Å². The summed E-state index contributed by atoms with van der Waals surface area (Å²) in [5.41, 5.74) is 0.376. The second kappa shape index (κ2) is 5.75. The summed E-state index contributed by atoms with van der Waals surface area (Å²) >= 11 is 9.19. The normalized spacial score (nSPS) is 11.6. The molecule has 0 aliphatic heterocycles. The van der Waals surface area contributed by atoms with Crippen LogP contribution in [0.4, 0.5) is 5.69 Å². The van der Waals surface area contributed by atoms with Crippen LogP contribution in [0.15, 0.2) is 33.9 Å². The molecule has 0 aliphatic carbocycles. The molecule has 2 rings (SSSR count). The maximum absolute atomic E-state index is 12.3. The molecular weight excluding hydrogens is 366 g/mol. The summed E-state index contributed by atoms with van der Waals surface area (Å²) in [5.74, 6) is 0.651. The zero-order chi connectivity index (χ0) is 14.9. The Morgan fingerprint density at radius 3 is 2.75 bits per heavy atom. The minimum Gasteiger partial charge on any atom is -0.334 e. The minimum atomic E-state index is -3.73. The maximum Gasteiger partial charge on any atom is 0.280 e. The van der Waals surface area contributed by atoms with Crippen molar-refractivity contribution in [2.75, 3.05) is 4.72 Å². The number of imidazole rings is 1. The number of halogens is 2. The first-order valence-corrected chi connectivity index (χ1v) is 8.51. The molecule has 2 aromatic rings. The Kier molecular flexibility index (Phi) is 4.41. The van der Waals surface area contributed by atoms with Gasteiger partial charge in [-0.25, -0.2) is 4.98 Å². The van der Waals surface area contributed by atoms with Gasteiger partial charge in [-0.3, -0.25) is 4.72 Å². The number of aryl methyl sites for hydroxylation is 2. The number of rotatable bonds is 4. The fourth-order valence-corrected chi connectivity index (χ4v) is 3.46. The smallest absolute Gasteiger partial charge is 0.280 e. The Hall–Kier alpha value is -1.05. The molecule has 1 aromatic carbocycles. The predicted octanol–water partition coefficient (Wildman–Crippen LogP) is 3.43. The van der Waals surface area contributed by atoms with Crippen molar-refractivity contribution in [1.29, 1.82) is 0 Å². The number of nitrogens with one attached hydrogen (secondary N) is 1. The molecule has 0 atom stereocenters. The highest BCUT2D eigenvalue weighted by Crippen LogP contribution is 2.31. The molecule has 108 valence electrons. The van der Waals surface area contributed by atoms with E-state index in [1.165, 1.54) is 6.20 Å². The van der Waals surface area contributed by atoms with Gasteiger partial charge in [0.1, 0.15) is 5.82 Å². The van der Waals surface area contributed by atoms with Gasteiger partial charge >= 0.3 is 0 Å². The van der Waals surface area contributed by atoms with Crippen LogP contribution in [0.1, 0.15) is 12.7 Å². The zero-order valence-corrected chi connectivity index (χ0v) is 14.1. The van der Waals surface area contributed by atoms with Gasteiger partial charge in [-0.05, 0) is 41.9 Å². The van der Waals surface area contributed by atoms with Gasteiger partial charge in [0, 0.05) is 12.7 Å². The van der Waals surface area contributed by atoms with Gasteiger partial charge in [-0.15, -0.1) is 0 Å². The van der Waals surface area contributed by atoms with Crippen LogP contribution in [0.2, 0.25) is 5.02 Å². The number of hydrogen-bond acceptors (Lipinski definition) is 3. The Morgan fingerprint density at radius 1 is 1.45 bits per heavy atom. The van der Waals surface area contributed by atoms with Crippen LogP contribution in [-0.2, 0) is 16.6 Å². The van der Waals surface area contributed by atoms with E-state index in [0.717, 1.165) is 0 Å². The Bertz CT molecular complexity index is 743. The summed E-state index contributed by atoms with van der Waals surface area (Å²) in [7, 11) is -3.73. The van der Waals surface area contributed by atoms with Crippen molar-refractivity contribution in [3.8, 4) is 0 Å². The van der Waals surface area contributed by atoms with Crippen LogP contribution in [-0.4, -0.2) is 18.0 Å². The third-order valence-corrected chi connectivity index (χ3v) is 5.40. The van der Waals surface area contributed by atoms with Gasteiger partial charge < -0.3 is 4.57 Å². The first-order valence-electron chi connectivity index (χ1n) is 5.85. The predicted molar refractivity (Wildman–Crippen MR) is 82.6 cm³/mol. The molecule has 5 nitrogen and oxygen atoms in total. The molecule has 0 fully saturated rings. The molecule has 0 spiro atoms. The summed E-state index contributed by atoms with van der Waals surface area (Å²) in [6, 6.07) is 4.96. The van der Waals surface area contributed by atoms with Gasteiger partial charge in [-0.1, -0.05) is 17.7 Å². The maximum atomic E-state index is 12.3. The van der Waals surface area contributed by atoms with Crippen LogP contribution >= 0.6 is 27.5 Å². The molecule has 0 unspecified atom stereocenters. The van der Waals surface area contributed by atoms with Crippen molar-refractivity contribution in [2.24, 2.45) is 0 Å². The fourth-order valence-electron chi connectivity index (χ4n) is 1.71. The van der Waals surface area contributed by atoms with Gasteiger partial charge in [0.15, 0.2) is 5.03 Å². The summed E-state index contributed by atoms with van der Waals surface area (Å²) in [6.45, 7) is 4.35. The summed E-state index contributed by atoms with van der Waals surface area (Å²) in [6.07, 6.45) is 1.51. The van der Waals surface area contributed by atoms with E-state index in [0.29, 0.717) is 27.6 Å². The average molecular weight is 379 g/mol. The van der Waals surface area contributed by atoms with E-state index >= 15 is 0 Å². The molecule has 0 saturated heterocycles. The van der Waals surface area contributed by atoms with Crippen molar-refractivity contribution in [1.82, 2.24) is 9.55 Å². The van der Waals surface area contributed by atoms with Crippen molar-refractivity contribution >= 4 is 43.2 Å². The lowest BCUT2D eigenvalue weighted by atomic mass is 10.3. The summed E-state index contributed by atoms with van der Waals surface area (Å²) < 4.78 is 29.3. The number of nitrogens with zero attached hydrogens (tertiary/aromatic N) is 2. The highest BCUT2D eigenvalue weighted by molar-refractivity contribution is 9.10. The van der Waals surface area contributed by atoms with Crippen LogP contribution in [0.5, 0.6) is 0 Å². The van der Waals surface area contributed by atoms with E-state index in [-0.39, 0.29) is 5.03 Å². The Balaban J connectivity index is 2.38. The molecule has 0 aliphatic rings. The van der Waals surface area contributed by atoms with Crippen molar-refractivity contribution < 1.29 is 8.42 Å². The molecule has 1 aromatic heterocycles. The monoisotopic (exact) mass is 377 g/mol. The number of aromatic nitrogens is 2. The number of sulfonamides is 1. The fraction of sp³-hybridized carbons (Fsp3) is 0.250. The lowest BCUT2D eigenvalue weighted by Crippen LogP contribution is -2.13. The molecule has 1 N–H and O–H groups in total. The average Bonchev–Trinajstić information content (AvgIpc) is 2.77. The first kappa shape index (κ1) is 15.3. The summed E-state index contributed by atoms with van der Waals surface area (Å²) in [4.78, 5) is 4.07. The lowest BCUT2D eigenvalue weighted by molar-refractivity contribution is 0.598. The van der Waals surface area contributed by atoms with E-state index < -0.39 is 10.0 Å². The third-order valence-electron chi connectivity index (χ3n) is 2.77. The lowest BCUT2D eigenvalue weighted by Gasteiger charge is -2.08. The molecule has 8 heteroatoms. The van der Waals surface area contributed by atoms with E-state index in [1.807, 2.05) is 6.92 Å². The van der Waals surface area contributed by atoms with E-state index in [9.17, 15) is 8.42 Å². The second-order valence-electron chi connectivity index (χ2n) is 4.12. The minimum absolute atomic E-state index is 0.0104. The van der Waals surface area contributed by atoms with Crippen LogP contribution in [0, 0.1) is 6.92 Å². The van der Waals surface area contributed by atoms with Crippen molar-refractivity contribution in [3.05, 3.63) is 39.7 Å². The van der Waals surface area contributed by atoms with E-state index in [4.69, 9.17) is 11.6 Å². The highest BCUT2D eigenvalue weighted by Gasteiger charge is 2.20. The van der Waals surface area contributed by atoms with Gasteiger partial charge in [0.2, 0.25) is 0 Å². The molecule has 0 saturated carbocycles. The van der Waals surface area contributed by atoms with Crippen LogP contribution < -0.4 is 4.72 Å². The number of benzene rings is 1. The van der Waals surface area contributed by atoms with Crippen molar-refractivity contribution in [3.63, 3.8) is 0 Å². The topological polar surface area (TPSA) is 64.0 Å². The van der Waals surface area contributed by atoms with Crippen LogP contribution in [0.3, 0.4) is 0 Å². The number of hydrogen-bond donors (Lipinski definition) is 1. The highest BCUT2D eigenvalue weighted by atomic mass is 79.9. The SMILES string of the molecule is CCn1cc(S(=O)(=O)Nc2cccc(Cl)c2Br)nc1C. The molecule has 0 bridgehead atoms. The molecule has 0 radical (unpaired) electrons. The molecule has 1 heterocycles. The second-order valence-corrected chi connectivity index (χ2v) is 6.95. The largest absolute Gasteiger partial charge is 0.334 e. The molecule has 20 heavy (non-hydrogen) atoms. The molecule has 0 amide bonds. The standard InChI is InChI=1S/C12H13BrClN3O2S/c1-3-17-7-11(15-8(17)2)20(18,19)16-10-6-4-5-9(14)12(10)13/h4-7,16H,3H2,1-2H3. The molecular formula is C12H13BrClN3O2S. The van der Waals surface area contributed by atoms with Crippen LogP contribution in [0.25, 0.3) is 0 Å². The zero-order valence-electron chi connectivity index (χ0n) is 10.9. The quantitative estimate of drug-likeness (QED) is 0.886. The Morgan fingerprint density at radius 2 is 2.15 bits per heavy atom. The third kappa shape index (κ3) is 2.99. The van der Waals surface area contributed by atoms with E-state index in [1.54, 1.807) is 29.7 Å². The van der Waals surface area contributed by atoms with Gasteiger partial charge in [0.05, 0.1) is 15.2 Å². The first-order chi connectivity index (χ1) is 9.35. The number of anilines is 1. The van der Waals surface area contributed by atoms with Crippen molar-refractivity contribution in [2.45, 2.75) is 25.4 Å². The summed E-state index contributed by atoms with van der Waals surface area (Å²) in [5, 5.41) is 0.421. The van der Waals surface area contributed by atoms with Gasteiger partial charge in [-0.2, -0.15) is 8.42 Å². The van der Waals surface area contributed by atoms with E-state index in [2.05, 4.69) is 25.6 Å². The Labute approximate surface area is 131 Å².